The van der Waals surface area contributed by atoms with Crippen LogP contribution in [-0.2, 0) is 0 Å². The first-order valence-electron chi connectivity index (χ1n) is 6.61. The van der Waals surface area contributed by atoms with E-state index in [2.05, 4.69) is 27.5 Å². The maximum absolute atomic E-state index is 4.47. The second-order valence-electron chi connectivity index (χ2n) is 4.87. The van der Waals surface area contributed by atoms with Crippen molar-refractivity contribution in [2.24, 2.45) is 0 Å². The van der Waals surface area contributed by atoms with Gasteiger partial charge in [0.15, 0.2) is 0 Å². The summed E-state index contributed by atoms with van der Waals surface area (Å²) >= 11 is 1.70. The molecule has 1 aliphatic rings. The van der Waals surface area contributed by atoms with Crippen molar-refractivity contribution in [3.8, 4) is 0 Å². The molecule has 2 rings (SSSR count). The van der Waals surface area contributed by atoms with Gasteiger partial charge in [0.25, 0.3) is 0 Å². The molecule has 0 saturated carbocycles. The Balaban J connectivity index is 2.00. The van der Waals surface area contributed by atoms with E-state index in [1.807, 2.05) is 12.6 Å². The Hall–Kier alpha value is -0.450. The van der Waals surface area contributed by atoms with Crippen molar-refractivity contribution in [1.29, 1.82) is 0 Å². The lowest BCUT2D eigenvalue weighted by Crippen LogP contribution is -2.42. The lowest BCUT2D eigenvalue weighted by atomic mass is 9.97. The van der Waals surface area contributed by atoms with E-state index in [1.54, 1.807) is 11.3 Å². The quantitative estimate of drug-likeness (QED) is 0.874. The molecule has 3 nitrogen and oxygen atoms in total. The third-order valence-corrected chi connectivity index (χ3v) is 4.38. The molecule has 1 N–H and O–H groups in total. The van der Waals surface area contributed by atoms with Crippen LogP contribution in [0, 0.1) is 0 Å². The lowest BCUT2D eigenvalue weighted by molar-refractivity contribution is 0.0954. The Morgan fingerprint density at radius 2 is 2.47 bits per heavy atom. The molecule has 1 aliphatic heterocycles. The number of piperidine rings is 1. The van der Waals surface area contributed by atoms with E-state index in [0.717, 1.165) is 12.6 Å². The van der Waals surface area contributed by atoms with Gasteiger partial charge in [-0.3, -0.25) is 4.90 Å². The number of nitrogens with zero attached hydrogens (tertiary/aromatic N) is 2. The van der Waals surface area contributed by atoms with E-state index < -0.39 is 0 Å². The Morgan fingerprint density at radius 3 is 3.18 bits per heavy atom. The van der Waals surface area contributed by atoms with Gasteiger partial charge in [-0.1, -0.05) is 6.42 Å². The largest absolute Gasteiger partial charge is 0.320 e. The van der Waals surface area contributed by atoms with Crippen LogP contribution in [0.4, 0.5) is 0 Å². The number of thiazole rings is 1. The number of likely N-dealkylation sites (tertiary alicyclic amines) is 1. The van der Waals surface area contributed by atoms with E-state index in [0.29, 0.717) is 6.04 Å². The van der Waals surface area contributed by atoms with Crippen molar-refractivity contribution >= 4 is 11.3 Å². The summed E-state index contributed by atoms with van der Waals surface area (Å²) < 4.78 is 0. The van der Waals surface area contributed by atoms with Crippen molar-refractivity contribution in [2.75, 3.05) is 20.1 Å². The predicted octanol–water partition coefficient (Wildman–Crippen LogP) is 2.67. The molecule has 1 aromatic rings. The number of aromatic nitrogens is 1. The second-order valence-corrected chi connectivity index (χ2v) is 5.59. The van der Waals surface area contributed by atoms with Crippen molar-refractivity contribution in [3.63, 3.8) is 0 Å². The predicted molar refractivity (Wildman–Crippen MR) is 73.4 cm³/mol. The van der Waals surface area contributed by atoms with Crippen molar-refractivity contribution < 1.29 is 0 Å². The van der Waals surface area contributed by atoms with Gasteiger partial charge >= 0.3 is 0 Å². The fraction of sp³-hybridized carbons (Fsp3) is 0.769. The Kier molecular flexibility index (Phi) is 4.95. The molecule has 0 radical (unpaired) electrons. The number of hydrogen-bond donors (Lipinski definition) is 1. The van der Waals surface area contributed by atoms with Crippen LogP contribution in [0.25, 0.3) is 0 Å². The normalized spacial score (nSPS) is 23.8. The van der Waals surface area contributed by atoms with E-state index >= 15 is 0 Å². The first-order chi connectivity index (χ1) is 8.33. The molecule has 1 aromatic heterocycles. The Morgan fingerprint density at radius 1 is 1.59 bits per heavy atom. The minimum atomic E-state index is 0.475. The summed E-state index contributed by atoms with van der Waals surface area (Å²) in [5.41, 5.74) is 3.18. The summed E-state index contributed by atoms with van der Waals surface area (Å²) in [7, 11) is 2.04. The highest BCUT2D eigenvalue weighted by Gasteiger charge is 2.27. The van der Waals surface area contributed by atoms with Gasteiger partial charge in [0.1, 0.15) is 0 Å². The van der Waals surface area contributed by atoms with Crippen LogP contribution in [0.15, 0.2) is 10.9 Å². The fourth-order valence-corrected chi connectivity index (χ4v) is 3.39. The molecule has 0 amide bonds. The summed E-state index contributed by atoms with van der Waals surface area (Å²) in [5, 5.41) is 5.46. The average Bonchev–Trinajstić information content (AvgIpc) is 2.89. The topological polar surface area (TPSA) is 28.2 Å². The van der Waals surface area contributed by atoms with E-state index in [1.165, 1.54) is 37.9 Å². The van der Waals surface area contributed by atoms with Gasteiger partial charge < -0.3 is 5.32 Å². The number of hydrogen-bond acceptors (Lipinski definition) is 4. The van der Waals surface area contributed by atoms with Gasteiger partial charge in [-0.2, -0.15) is 0 Å². The highest BCUT2D eigenvalue weighted by Crippen LogP contribution is 2.29. The van der Waals surface area contributed by atoms with Crippen LogP contribution in [0.1, 0.15) is 44.3 Å². The molecule has 2 atom stereocenters. The maximum Gasteiger partial charge on any atom is 0.0795 e. The molecule has 1 fully saturated rings. The van der Waals surface area contributed by atoms with E-state index in [-0.39, 0.29) is 0 Å². The molecule has 96 valence electrons. The third-order valence-electron chi connectivity index (χ3n) is 3.78. The van der Waals surface area contributed by atoms with Crippen LogP contribution >= 0.6 is 11.3 Å². The minimum Gasteiger partial charge on any atom is -0.320 e. The van der Waals surface area contributed by atoms with Gasteiger partial charge in [0, 0.05) is 11.4 Å². The second kappa shape index (κ2) is 6.47. The zero-order chi connectivity index (χ0) is 12.1. The monoisotopic (exact) mass is 253 g/mol. The van der Waals surface area contributed by atoms with Crippen LogP contribution in [0.5, 0.6) is 0 Å². The molecule has 2 heterocycles. The summed E-state index contributed by atoms with van der Waals surface area (Å²) in [6, 6.07) is 1.20. The molecule has 0 bridgehead atoms. The summed E-state index contributed by atoms with van der Waals surface area (Å²) in [5.74, 6) is 0. The zero-order valence-electron chi connectivity index (χ0n) is 10.9. The van der Waals surface area contributed by atoms with Gasteiger partial charge in [-0.25, -0.2) is 4.98 Å². The van der Waals surface area contributed by atoms with E-state index in [4.69, 9.17) is 0 Å². The highest BCUT2D eigenvalue weighted by molar-refractivity contribution is 7.07. The Bertz CT molecular complexity index is 312. The zero-order valence-corrected chi connectivity index (χ0v) is 11.7. The molecule has 4 heteroatoms. The lowest BCUT2D eigenvalue weighted by Gasteiger charge is -2.39. The Labute approximate surface area is 108 Å². The maximum atomic E-state index is 4.47. The fourth-order valence-electron chi connectivity index (χ4n) is 2.75. The molecular weight excluding hydrogens is 230 g/mol. The van der Waals surface area contributed by atoms with E-state index in [9.17, 15) is 0 Å². The number of rotatable bonds is 5. The average molecular weight is 253 g/mol. The van der Waals surface area contributed by atoms with Gasteiger partial charge in [0.2, 0.25) is 0 Å². The number of nitrogens with one attached hydrogen (secondary N) is 1. The molecular formula is C13H23N3S. The minimum absolute atomic E-state index is 0.475. The summed E-state index contributed by atoms with van der Waals surface area (Å²) in [6.07, 6.45) is 5.32. The van der Waals surface area contributed by atoms with Gasteiger partial charge in [-0.05, 0) is 46.3 Å². The van der Waals surface area contributed by atoms with Crippen LogP contribution in [0.3, 0.4) is 0 Å². The molecule has 0 aromatic carbocycles. The van der Waals surface area contributed by atoms with Gasteiger partial charge in [-0.15, -0.1) is 11.3 Å². The molecule has 2 unspecified atom stereocenters. The van der Waals surface area contributed by atoms with Crippen molar-refractivity contribution in [2.45, 2.75) is 44.7 Å². The molecule has 1 saturated heterocycles. The standard InChI is InChI=1S/C13H23N3S/c1-11(13-9-17-10-15-13)16-8-4-3-5-12(16)6-7-14-2/h9-12,14H,3-8H2,1-2H3. The summed E-state index contributed by atoms with van der Waals surface area (Å²) in [6.45, 7) is 4.64. The molecule has 0 aliphatic carbocycles. The highest BCUT2D eigenvalue weighted by atomic mass is 32.1. The van der Waals surface area contributed by atoms with Crippen LogP contribution in [-0.4, -0.2) is 36.1 Å². The first kappa shape index (κ1) is 13.0. The molecule has 0 spiro atoms. The molecule has 17 heavy (non-hydrogen) atoms. The van der Waals surface area contributed by atoms with Crippen LogP contribution in [0.2, 0.25) is 0 Å². The third kappa shape index (κ3) is 3.27. The van der Waals surface area contributed by atoms with Gasteiger partial charge in [0.05, 0.1) is 17.2 Å². The SMILES string of the molecule is CNCCC1CCCCN1C(C)c1cscn1. The smallest absolute Gasteiger partial charge is 0.0795 e. The first-order valence-corrected chi connectivity index (χ1v) is 7.55. The van der Waals surface area contributed by atoms with Crippen molar-refractivity contribution in [1.82, 2.24) is 15.2 Å². The summed E-state index contributed by atoms with van der Waals surface area (Å²) in [4.78, 5) is 7.12. The van der Waals surface area contributed by atoms with Crippen LogP contribution < -0.4 is 5.32 Å². The van der Waals surface area contributed by atoms with Crippen molar-refractivity contribution in [3.05, 3.63) is 16.6 Å².